The van der Waals surface area contributed by atoms with Crippen LogP contribution in [-0.4, -0.2) is 47.4 Å². The molecule has 0 aliphatic heterocycles. The SMILES string of the molecule is COc1cccc(-n2c(=O)n(Cc3ccccc3OC)c3cnc(N(C)C)nc32)c1. The fourth-order valence-corrected chi connectivity index (χ4v) is 3.38. The molecule has 0 bridgehead atoms. The van der Waals surface area contributed by atoms with Gasteiger partial charge >= 0.3 is 5.69 Å². The number of para-hydroxylation sites is 1. The molecule has 0 saturated carbocycles. The van der Waals surface area contributed by atoms with Crippen LogP contribution in [-0.2, 0) is 6.54 Å². The van der Waals surface area contributed by atoms with Crippen molar-refractivity contribution in [1.29, 1.82) is 0 Å². The molecule has 4 rings (SSSR count). The number of hydrogen-bond acceptors (Lipinski definition) is 6. The summed E-state index contributed by atoms with van der Waals surface area (Å²) in [6.45, 7) is 0.334. The van der Waals surface area contributed by atoms with Crippen molar-refractivity contribution in [3.8, 4) is 17.2 Å². The minimum atomic E-state index is -0.214. The molecule has 0 unspecified atom stereocenters. The number of hydrogen-bond donors (Lipinski definition) is 0. The summed E-state index contributed by atoms with van der Waals surface area (Å²) in [6.07, 6.45) is 1.69. The lowest BCUT2D eigenvalue weighted by atomic mass is 10.2. The summed E-state index contributed by atoms with van der Waals surface area (Å²) in [4.78, 5) is 24.4. The van der Waals surface area contributed by atoms with Crippen LogP contribution in [0.15, 0.2) is 59.5 Å². The summed E-state index contributed by atoms with van der Waals surface area (Å²) >= 11 is 0. The number of methoxy groups -OCH3 is 2. The average Bonchev–Trinajstić information content (AvgIpc) is 3.04. The van der Waals surface area contributed by atoms with Crippen molar-refractivity contribution in [3.05, 3.63) is 70.8 Å². The van der Waals surface area contributed by atoms with E-state index in [1.807, 2.05) is 62.6 Å². The first-order valence-electron chi connectivity index (χ1n) is 9.45. The quantitative estimate of drug-likeness (QED) is 0.491. The molecule has 0 atom stereocenters. The summed E-state index contributed by atoms with van der Waals surface area (Å²) < 4.78 is 14.1. The van der Waals surface area contributed by atoms with Crippen molar-refractivity contribution < 1.29 is 9.47 Å². The molecule has 0 aliphatic rings. The minimum Gasteiger partial charge on any atom is -0.497 e. The van der Waals surface area contributed by atoms with Crippen LogP contribution in [0.2, 0.25) is 0 Å². The van der Waals surface area contributed by atoms with Crippen molar-refractivity contribution in [1.82, 2.24) is 19.1 Å². The van der Waals surface area contributed by atoms with E-state index < -0.39 is 0 Å². The van der Waals surface area contributed by atoms with Gasteiger partial charge in [0.1, 0.15) is 17.0 Å². The van der Waals surface area contributed by atoms with Gasteiger partial charge in [-0.05, 0) is 18.2 Å². The van der Waals surface area contributed by atoms with Crippen molar-refractivity contribution in [3.63, 3.8) is 0 Å². The van der Waals surface area contributed by atoms with Crippen molar-refractivity contribution in [2.24, 2.45) is 0 Å². The number of ether oxygens (including phenoxy) is 2. The van der Waals surface area contributed by atoms with E-state index in [1.165, 1.54) is 0 Å². The topological polar surface area (TPSA) is 74.4 Å². The maximum Gasteiger partial charge on any atom is 0.335 e. The average molecular weight is 405 g/mol. The zero-order chi connectivity index (χ0) is 21.3. The van der Waals surface area contributed by atoms with E-state index in [1.54, 1.807) is 34.5 Å². The Bertz CT molecular complexity index is 1260. The largest absolute Gasteiger partial charge is 0.497 e. The van der Waals surface area contributed by atoms with Crippen molar-refractivity contribution in [2.45, 2.75) is 6.54 Å². The first kappa shape index (κ1) is 19.5. The first-order chi connectivity index (χ1) is 14.5. The predicted octanol–water partition coefficient (Wildman–Crippen LogP) is 2.71. The molecule has 2 heterocycles. The van der Waals surface area contributed by atoms with Gasteiger partial charge in [-0.25, -0.2) is 14.3 Å². The van der Waals surface area contributed by atoms with E-state index in [4.69, 9.17) is 9.47 Å². The molecule has 8 heteroatoms. The standard InChI is InChI=1S/C22H23N5O3/c1-25(2)21-23-13-18-20(24-21)27(16-9-7-10-17(12-16)29-3)22(28)26(18)14-15-8-5-6-11-19(15)30-4/h5-13H,14H2,1-4H3. The molecule has 4 aromatic rings. The van der Waals surface area contributed by atoms with E-state index in [-0.39, 0.29) is 5.69 Å². The summed E-state index contributed by atoms with van der Waals surface area (Å²) in [5.74, 6) is 1.90. The zero-order valence-electron chi connectivity index (χ0n) is 17.4. The number of aromatic nitrogens is 4. The third-order valence-electron chi connectivity index (χ3n) is 4.89. The molecular weight excluding hydrogens is 382 g/mol. The third-order valence-corrected chi connectivity index (χ3v) is 4.89. The Balaban J connectivity index is 1.97. The number of nitrogens with zero attached hydrogens (tertiary/aromatic N) is 5. The minimum absolute atomic E-state index is 0.214. The van der Waals surface area contributed by atoms with Gasteiger partial charge < -0.3 is 14.4 Å². The van der Waals surface area contributed by atoms with Crippen LogP contribution in [0.25, 0.3) is 16.9 Å². The van der Waals surface area contributed by atoms with Crippen LogP contribution in [0.5, 0.6) is 11.5 Å². The molecule has 0 amide bonds. The number of anilines is 1. The molecule has 0 spiro atoms. The van der Waals surface area contributed by atoms with Gasteiger partial charge in [-0.2, -0.15) is 4.98 Å². The molecule has 8 nitrogen and oxygen atoms in total. The highest BCUT2D eigenvalue weighted by atomic mass is 16.5. The molecule has 0 radical (unpaired) electrons. The van der Waals surface area contributed by atoms with Crippen molar-refractivity contribution >= 4 is 17.1 Å². The van der Waals surface area contributed by atoms with Gasteiger partial charge in [0.2, 0.25) is 5.95 Å². The molecule has 2 aromatic heterocycles. The van der Waals surface area contributed by atoms with Crippen molar-refractivity contribution in [2.75, 3.05) is 33.2 Å². The lowest BCUT2D eigenvalue weighted by molar-refractivity contribution is 0.408. The van der Waals surface area contributed by atoms with E-state index in [9.17, 15) is 4.79 Å². The highest BCUT2D eigenvalue weighted by Gasteiger charge is 2.19. The monoisotopic (exact) mass is 405 g/mol. The Hall–Kier alpha value is -3.81. The number of fused-ring (bicyclic) bond motifs is 1. The van der Waals surface area contributed by atoms with Crippen LogP contribution in [0.4, 0.5) is 5.95 Å². The van der Waals surface area contributed by atoms with E-state index in [2.05, 4.69) is 9.97 Å². The highest BCUT2D eigenvalue weighted by molar-refractivity contribution is 5.74. The van der Waals surface area contributed by atoms with Gasteiger partial charge in [0, 0.05) is 25.7 Å². The van der Waals surface area contributed by atoms with Gasteiger partial charge in [-0.15, -0.1) is 0 Å². The van der Waals surface area contributed by atoms with Crippen LogP contribution in [0, 0.1) is 0 Å². The molecule has 0 fully saturated rings. The van der Waals surface area contributed by atoms with Gasteiger partial charge in [-0.3, -0.25) is 4.57 Å². The summed E-state index contributed by atoms with van der Waals surface area (Å²) in [5, 5.41) is 0. The van der Waals surface area contributed by atoms with Crippen LogP contribution in [0.3, 0.4) is 0 Å². The lowest BCUT2D eigenvalue weighted by Crippen LogP contribution is -2.24. The Labute approximate surface area is 173 Å². The second-order valence-electron chi connectivity index (χ2n) is 6.99. The van der Waals surface area contributed by atoms with E-state index in [0.717, 1.165) is 11.3 Å². The molecular formula is C22H23N5O3. The number of benzene rings is 2. The Kier molecular flexibility index (Phi) is 5.14. The van der Waals surface area contributed by atoms with Crippen LogP contribution in [0.1, 0.15) is 5.56 Å². The fourth-order valence-electron chi connectivity index (χ4n) is 3.38. The first-order valence-corrected chi connectivity index (χ1v) is 9.45. The van der Waals surface area contributed by atoms with Gasteiger partial charge in [0.25, 0.3) is 0 Å². The Morgan fingerprint density at radius 2 is 1.83 bits per heavy atom. The molecule has 154 valence electrons. The molecule has 0 aliphatic carbocycles. The second kappa shape index (κ2) is 7.90. The van der Waals surface area contributed by atoms with E-state index >= 15 is 0 Å². The van der Waals surface area contributed by atoms with E-state index in [0.29, 0.717) is 35.1 Å². The van der Waals surface area contributed by atoms with Gasteiger partial charge in [-0.1, -0.05) is 24.3 Å². The molecule has 0 saturated heterocycles. The van der Waals surface area contributed by atoms with Crippen LogP contribution < -0.4 is 20.1 Å². The molecule has 0 N–H and O–H groups in total. The Morgan fingerprint density at radius 1 is 1.03 bits per heavy atom. The normalized spacial score (nSPS) is 10.9. The molecule has 30 heavy (non-hydrogen) atoms. The second-order valence-corrected chi connectivity index (χ2v) is 6.99. The maximum absolute atomic E-state index is 13.5. The third kappa shape index (κ3) is 3.36. The number of rotatable bonds is 6. The Morgan fingerprint density at radius 3 is 2.57 bits per heavy atom. The van der Waals surface area contributed by atoms with Gasteiger partial charge in [0.05, 0.1) is 32.6 Å². The smallest absolute Gasteiger partial charge is 0.335 e. The fraction of sp³-hybridized carbons (Fsp3) is 0.227. The highest BCUT2D eigenvalue weighted by Crippen LogP contribution is 2.23. The summed E-state index contributed by atoms with van der Waals surface area (Å²) in [7, 11) is 6.94. The number of imidazole rings is 1. The zero-order valence-corrected chi connectivity index (χ0v) is 17.4. The summed E-state index contributed by atoms with van der Waals surface area (Å²) in [5.41, 5.74) is 2.52. The van der Waals surface area contributed by atoms with Crippen LogP contribution >= 0.6 is 0 Å². The lowest BCUT2D eigenvalue weighted by Gasteiger charge is -2.10. The van der Waals surface area contributed by atoms with Gasteiger partial charge in [0.15, 0.2) is 5.65 Å². The maximum atomic E-state index is 13.5. The molecule has 2 aromatic carbocycles. The summed E-state index contributed by atoms with van der Waals surface area (Å²) in [6, 6.07) is 15.0. The predicted molar refractivity (Wildman–Crippen MR) is 116 cm³/mol.